The van der Waals surface area contributed by atoms with Gasteiger partial charge in [0.25, 0.3) is 5.56 Å². The summed E-state index contributed by atoms with van der Waals surface area (Å²) >= 11 is 0. The number of aromatic hydroxyl groups is 1. The lowest BCUT2D eigenvalue weighted by Crippen LogP contribution is -2.46. The summed E-state index contributed by atoms with van der Waals surface area (Å²) in [7, 11) is 0. The van der Waals surface area contributed by atoms with Crippen LogP contribution in [-0.2, 0) is 0 Å². The zero-order valence-corrected chi connectivity index (χ0v) is 17.9. The standard InChI is InChI=1S/C25H25N3O3/c1-5-26-16-20-18(4)25(30)28(21-12-8-7-10-17(21)3)23(27-20)15-14-19-11-9-13-22(24(19)29)31-6-2/h5,7-16,29H,4,6H2,1-3H3/b15-14+,20-16+,26-5-. The molecule has 6 heteroatoms. The number of hydrogen-bond acceptors (Lipinski definition) is 5. The van der Waals surface area contributed by atoms with Crippen LogP contribution in [0.5, 0.6) is 11.5 Å². The van der Waals surface area contributed by atoms with Crippen molar-refractivity contribution < 1.29 is 9.84 Å². The molecule has 31 heavy (non-hydrogen) atoms. The molecule has 0 spiro atoms. The number of hydrogen-bond donors (Lipinski definition) is 1. The highest BCUT2D eigenvalue weighted by Crippen LogP contribution is 2.31. The van der Waals surface area contributed by atoms with E-state index in [1.165, 1.54) is 10.8 Å². The van der Waals surface area contributed by atoms with Crippen LogP contribution in [-0.4, -0.2) is 27.5 Å². The first-order valence-corrected chi connectivity index (χ1v) is 9.96. The predicted octanol–water partition coefficient (Wildman–Crippen LogP) is 3.05. The van der Waals surface area contributed by atoms with E-state index in [9.17, 15) is 9.90 Å². The van der Waals surface area contributed by atoms with Crippen molar-refractivity contribution in [2.45, 2.75) is 20.8 Å². The Bertz CT molecular complexity index is 1320. The van der Waals surface area contributed by atoms with Crippen LogP contribution in [0.4, 0.5) is 0 Å². The zero-order valence-electron chi connectivity index (χ0n) is 17.9. The fourth-order valence-electron chi connectivity index (χ4n) is 3.11. The molecule has 1 N–H and O–H groups in total. The maximum atomic E-state index is 13.2. The molecule has 2 aromatic carbocycles. The molecule has 0 radical (unpaired) electrons. The first-order valence-electron chi connectivity index (χ1n) is 9.96. The van der Waals surface area contributed by atoms with E-state index < -0.39 is 0 Å². The zero-order chi connectivity index (χ0) is 22.4. The molecule has 3 rings (SSSR count). The van der Waals surface area contributed by atoms with Crippen LogP contribution in [0.25, 0.3) is 30.6 Å². The molecular weight excluding hydrogens is 390 g/mol. The molecule has 1 aromatic heterocycles. The topological polar surface area (TPSA) is 76.7 Å². The Labute approximate surface area is 180 Å². The number of benzene rings is 2. The molecule has 0 aliphatic rings. The molecule has 0 aliphatic heterocycles. The number of rotatable bonds is 6. The molecule has 3 aromatic rings. The number of aryl methyl sites for hydroxylation is 1. The first-order chi connectivity index (χ1) is 15.0. The van der Waals surface area contributed by atoms with Gasteiger partial charge in [-0.15, -0.1) is 0 Å². The summed E-state index contributed by atoms with van der Waals surface area (Å²) in [6, 6.07) is 12.8. The van der Waals surface area contributed by atoms with Gasteiger partial charge in [0.2, 0.25) is 0 Å². The van der Waals surface area contributed by atoms with Gasteiger partial charge in [0, 0.05) is 11.8 Å². The lowest BCUT2D eigenvalue weighted by atomic mass is 10.1. The molecule has 0 saturated heterocycles. The van der Waals surface area contributed by atoms with E-state index in [2.05, 4.69) is 16.6 Å². The van der Waals surface area contributed by atoms with Crippen LogP contribution >= 0.6 is 0 Å². The summed E-state index contributed by atoms with van der Waals surface area (Å²) in [5.41, 5.74) is 1.90. The molecule has 0 atom stereocenters. The van der Waals surface area contributed by atoms with Gasteiger partial charge in [0.1, 0.15) is 5.82 Å². The minimum atomic E-state index is -0.284. The van der Waals surface area contributed by atoms with Crippen molar-refractivity contribution in [3.8, 4) is 17.2 Å². The van der Waals surface area contributed by atoms with Crippen molar-refractivity contribution in [1.29, 1.82) is 0 Å². The van der Waals surface area contributed by atoms with Crippen molar-refractivity contribution in [3.63, 3.8) is 0 Å². The largest absolute Gasteiger partial charge is 0.504 e. The van der Waals surface area contributed by atoms with Gasteiger partial charge in [-0.25, -0.2) is 4.98 Å². The van der Waals surface area contributed by atoms with Crippen LogP contribution in [0.3, 0.4) is 0 Å². The number of phenols is 1. The van der Waals surface area contributed by atoms with Crippen LogP contribution in [0, 0.1) is 6.92 Å². The van der Waals surface area contributed by atoms with Crippen molar-refractivity contribution in [2.75, 3.05) is 6.61 Å². The smallest absolute Gasteiger partial charge is 0.265 e. The Morgan fingerprint density at radius 1 is 1.19 bits per heavy atom. The Kier molecular flexibility index (Phi) is 6.82. The fourth-order valence-corrected chi connectivity index (χ4v) is 3.11. The average Bonchev–Trinajstić information content (AvgIpc) is 2.76. The van der Waals surface area contributed by atoms with Crippen LogP contribution in [0.1, 0.15) is 30.8 Å². The van der Waals surface area contributed by atoms with Crippen LogP contribution < -0.4 is 20.9 Å². The molecule has 0 saturated carbocycles. The Hall–Kier alpha value is -3.93. The van der Waals surface area contributed by atoms with Crippen LogP contribution in [0.2, 0.25) is 0 Å². The highest BCUT2D eigenvalue weighted by Gasteiger charge is 2.11. The lowest BCUT2D eigenvalue weighted by Gasteiger charge is -2.12. The third-order valence-corrected chi connectivity index (χ3v) is 4.68. The average molecular weight is 415 g/mol. The fraction of sp³-hybridized carbons (Fsp3) is 0.160. The maximum absolute atomic E-state index is 13.2. The summed E-state index contributed by atoms with van der Waals surface area (Å²) in [4.78, 5) is 21.9. The highest BCUT2D eigenvalue weighted by atomic mass is 16.5. The Morgan fingerprint density at radius 3 is 2.68 bits per heavy atom. The van der Waals surface area contributed by atoms with Gasteiger partial charge in [-0.2, -0.15) is 0 Å². The van der Waals surface area contributed by atoms with E-state index in [1.807, 2.05) is 38.1 Å². The number of para-hydroxylation sites is 2. The third-order valence-electron chi connectivity index (χ3n) is 4.68. The molecular formula is C25H25N3O3. The normalized spacial score (nSPS) is 12.2. The third kappa shape index (κ3) is 4.64. The number of aliphatic imine (C=N–C) groups is 1. The molecule has 0 bridgehead atoms. The molecule has 0 aliphatic carbocycles. The minimum absolute atomic E-state index is 0.0292. The van der Waals surface area contributed by atoms with Crippen molar-refractivity contribution in [1.82, 2.24) is 9.55 Å². The number of nitrogens with zero attached hydrogens (tertiary/aromatic N) is 3. The number of phenolic OH excluding ortho intramolecular Hbond substituents is 1. The van der Waals surface area contributed by atoms with Gasteiger partial charge in [-0.05, 0) is 50.6 Å². The molecule has 0 unspecified atom stereocenters. The van der Waals surface area contributed by atoms with Gasteiger partial charge in [-0.3, -0.25) is 14.4 Å². The molecule has 6 nitrogen and oxygen atoms in total. The van der Waals surface area contributed by atoms with Crippen molar-refractivity contribution in [2.24, 2.45) is 4.99 Å². The number of aromatic nitrogens is 2. The van der Waals surface area contributed by atoms with E-state index in [1.54, 1.807) is 43.5 Å². The highest BCUT2D eigenvalue weighted by molar-refractivity contribution is 5.72. The number of ether oxygens (including phenoxy) is 1. The second kappa shape index (κ2) is 9.71. The van der Waals surface area contributed by atoms with Gasteiger partial charge >= 0.3 is 0 Å². The molecule has 0 amide bonds. The molecule has 0 fully saturated rings. The van der Waals surface area contributed by atoms with Gasteiger partial charge < -0.3 is 9.84 Å². The van der Waals surface area contributed by atoms with Gasteiger partial charge in [-0.1, -0.05) is 36.9 Å². The van der Waals surface area contributed by atoms with E-state index in [0.29, 0.717) is 34.8 Å². The maximum Gasteiger partial charge on any atom is 0.265 e. The van der Waals surface area contributed by atoms with Crippen molar-refractivity contribution in [3.05, 3.63) is 80.3 Å². The van der Waals surface area contributed by atoms with Crippen molar-refractivity contribution >= 4 is 31.1 Å². The van der Waals surface area contributed by atoms with Gasteiger partial charge in [0.05, 0.1) is 29.1 Å². The molecule has 158 valence electrons. The second-order valence-corrected chi connectivity index (χ2v) is 6.76. The second-order valence-electron chi connectivity index (χ2n) is 6.76. The summed E-state index contributed by atoms with van der Waals surface area (Å²) in [5.74, 6) is 0.820. The molecule has 1 heterocycles. The summed E-state index contributed by atoms with van der Waals surface area (Å²) < 4.78 is 6.97. The monoisotopic (exact) mass is 415 g/mol. The van der Waals surface area contributed by atoms with E-state index in [4.69, 9.17) is 4.74 Å². The summed E-state index contributed by atoms with van der Waals surface area (Å²) in [5, 5.41) is 11.1. The Morgan fingerprint density at radius 2 is 1.97 bits per heavy atom. The van der Waals surface area contributed by atoms with E-state index in [-0.39, 0.29) is 16.5 Å². The van der Waals surface area contributed by atoms with E-state index >= 15 is 0 Å². The lowest BCUT2D eigenvalue weighted by molar-refractivity contribution is 0.318. The predicted molar refractivity (Wildman–Crippen MR) is 126 cm³/mol. The summed E-state index contributed by atoms with van der Waals surface area (Å²) in [6.45, 7) is 9.91. The summed E-state index contributed by atoms with van der Waals surface area (Å²) in [6.07, 6.45) is 6.51. The minimum Gasteiger partial charge on any atom is -0.504 e. The Balaban J connectivity index is 2.26. The van der Waals surface area contributed by atoms with Crippen LogP contribution in [0.15, 0.2) is 52.3 Å². The van der Waals surface area contributed by atoms with Gasteiger partial charge in [0.15, 0.2) is 11.5 Å². The van der Waals surface area contributed by atoms with E-state index in [0.717, 1.165) is 5.56 Å². The SMILES string of the molecule is C=c1c(=O)n(-c2ccccc2C)c(/C=C/c2cccc(OCC)c2O)n/c1=C/N=C\C. The first kappa shape index (κ1) is 21.8. The quantitative estimate of drug-likeness (QED) is 0.628.